The zero-order valence-corrected chi connectivity index (χ0v) is 22.8. The van der Waals surface area contributed by atoms with E-state index in [0.717, 1.165) is 37.1 Å². The quantitative estimate of drug-likeness (QED) is 0.104. The van der Waals surface area contributed by atoms with Crippen molar-refractivity contribution in [2.45, 2.75) is 48.4 Å². The summed E-state index contributed by atoms with van der Waals surface area (Å²) in [7, 11) is 2.95. The standard InChI is InChI=1S/2C7H10O5.2C4H9.Sn/c2*1-11-4-5-12-7(10)3-2-6(8)9;2*1-3-4-2;/h2*2-3H,4-5H2,1H3,(H,8,9);2*1,3-4H2,2H3;/q;;;;+2/p-2. The molecule has 11 heteroatoms. The molecule has 0 atom stereocenters. The molecule has 0 fully saturated rings. The molecule has 188 valence electrons. The van der Waals surface area contributed by atoms with Crippen molar-refractivity contribution in [2.24, 2.45) is 0 Å². The van der Waals surface area contributed by atoms with E-state index < -0.39 is 43.1 Å². The van der Waals surface area contributed by atoms with Gasteiger partial charge in [0.25, 0.3) is 0 Å². The molecule has 0 aromatic heterocycles. The van der Waals surface area contributed by atoms with Gasteiger partial charge in [0, 0.05) is 0 Å². The van der Waals surface area contributed by atoms with Crippen LogP contribution in [-0.4, -0.2) is 83.7 Å². The summed E-state index contributed by atoms with van der Waals surface area (Å²) in [5, 5.41) is 0. The van der Waals surface area contributed by atoms with E-state index in [9.17, 15) is 19.2 Å². The fourth-order valence-corrected chi connectivity index (χ4v) is 12.1. The fourth-order valence-electron chi connectivity index (χ4n) is 2.50. The molecule has 0 N–H and O–H groups in total. The van der Waals surface area contributed by atoms with E-state index in [2.05, 4.69) is 0 Å². The van der Waals surface area contributed by atoms with Gasteiger partial charge in [-0.25, -0.2) is 0 Å². The summed E-state index contributed by atoms with van der Waals surface area (Å²) in [5.74, 6) is -2.95. The predicted octanol–water partition coefficient (Wildman–Crippen LogP) is 2.61. The van der Waals surface area contributed by atoms with Crippen LogP contribution in [0.4, 0.5) is 0 Å². The van der Waals surface area contributed by atoms with E-state index in [1.807, 2.05) is 13.8 Å². The fraction of sp³-hybridized carbons (Fsp3) is 0.636. The van der Waals surface area contributed by atoms with Gasteiger partial charge in [-0.15, -0.1) is 0 Å². The van der Waals surface area contributed by atoms with Gasteiger partial charge in [-0.1, -0.05) is 0 Å². The molecule has 0 bridgehead atoms. The first kappa shape index (κ1) is 31.1. The molecule has 10 nitrogen and oxygen atoms in total. The number of ether oxygens (including phenoxy) is 4. The molecule has 0 saturated carbocycles. The topological polar surface area (TPSA) is 124 Å². The van der Waals surface area contributed by atoms with Crippen LogP contribution in [0.5, 0.6) is 0 Å². The Balaban J connectivity index is 5.26. The van der Waals surface area contributed by atoms with Gasteiger partial charge in [-0.3, -0.25) is 0 Å². The van der Waals surface area contributed by atoms with E-state index in [1.165, 1.54) is 14.2 Å². The first-order valence-corrected chi connectivity index (χ1v) is 17.3. The van der Waals surface area contributed by atoms with Crippen LogP contribution in [0.2, 0.25) is 8.87 Å². The summed E-state index contributed by atoms with van der Waals surface area (Å²) in [5.41, 5.74) is 0. The molecular formula is C22H36O10Sn. The Bertz CT molecular complexity index is 604. The van der Waals surface area contributed by atoms with Crippen LogP contribution < -0.4 is 0 Å². The number of rotatable bonds is 18. The third-order valence-corrected chi connectivity index (χ3v) is 13.8. The van der Waals surface area contributed by atoms with Gasteiger partial charge in [-0.2, -0.15) is 0 Å². The summed E-state index contributed by atoms with van der Waals surface area (Å²) < 4.78 is 31.7. The number of hydrogen-bond acceptors (Lipinski definition) is 10. The summed E-state index contributed by atoms with van der Waals surface area (Å²) >= 11 is -4.23. The number of esters is 2. The summed E-state index contributed by atoms with van der Waals surface area (Å²) in [4.78, 5) is 48.2. The second-order valence-corrected chi connectivity index (χ2v) is 16.2. The van der Waals surface area contributed by atoms with Gasteiger partial charge in [0.05, 0.1) is 0 Å². The second kappa shape index (κ2) is 19.5. The maximum absolute atomic E-state index is 12.4. The van der Waals surface area contributed by atoms with Crippen molar-refractivity contribution >= 4 is 43.1 Å². The molecule has 0 rings (SSSR count). The molecule has 0 unspecified atom stereocenters. The molecule has 0 heterocycles. The third-order valence-electron chi connectivity index (χ3n) is 4.17. The van der Waals surface area contributed by atoms with Crippen molar-refractivity contribution in [3.8, 4) is 0 Å². The SMILES string of the molecule is CCC[CH2][Sn]([CH2]CCC)([O]C(=O)C=CC(=O)OCCOC)[O]C(=O)C=CC(=O)OCCOC. The number of carbonyl (C=O) groups excluding carboxylic acids is 4. The van der Waals surface area contributed by atoms with E-state index in [0.29, 0.717) is 21.7 Å². The van der Waals surface area contributed by atoms with E-state index in [4.69, 9.17) is 25.1 Å². The van der Waals surface area contributed by atoms with Crippen LogP contribution in [0, 0.1) is 0 Å². The Labute approximate surface area is 200 Å². The minimum atomic E-state index is -4.23. The van der Waals surface area contributed by atoms with Crippen molar-refractivity contribution in [3.05, 3.63) is 24.3 Å². The van der Waals surface area contributed by atoms with Gasteiger partial charge < -0.3 is 0 Å². The number of unbranched alkanes of at least 4 members (excludes halogenated alkanes) is 2. The van der Waals surface area contributed by atoms with Crippen molar-refractivity contribution in [1.82, 2.24) is 0 Å². The average molecular weight is 579 g/mol. The van der Waals surface area contributed by atoms with Crippen LogP contribution in [0.15, 0.2) is 24.3 Å². The van der Waals surface area contributed by atoms with Crippen molar-refractivity contribution in [1.29, 1.82) is 0 Å². The maximum atomic E-state index is 12.4. The average Bonchev–Trinajstić information content (AvgIpc) is 2.79. The van der Waals surface area contributed by atoms with Gasteiger partial charge in [0.15, 0.2) is 0 Å². The Morgan fingerprint density at radius 3 is 1.30 bits per heavy atom. The van der Waals surface area contributed by atoms with Crippen LogP contribution in [0.25, 0.3) is 0 Å². The van der Waals surface area contributed by atoms with E-state index in [1.54, 1.807) is 0 Å². The molecule has 0 aromatic carbocycles. The van der Waals surface area contributed by atoms with Gasteiger partial charge >= 0.3 is 201 Å². The zero-order valence-electron chi connectivity index (χ0n) is 20.0. The number of methoxy groups -OCH3 is 2. The molecular weight excluding hydrogens is 543 g/mol. The first-order valence-electron chi connectivity index (χ1n) is 11.0. The molecule has 0 spiro atoms. The van der Waals surface area contributed by atoms with Crippen LogP contribution in [0.3, 0.4) is 0 Å². The molecule has 0 aliphatic rings. The molecule has 0 amide bonds. The second-order valence-electron chi connectivity index (χ2n) is 6.95. The van der Waals surface area contributed by atoms with Crippen molar-refractivity contribution < 1.29 is 44.3 Å². The zero-order chi connectivity index (χ0) is 25.0. The predicted molar refractivity (Wildman–Crippen MR) is 121 cm³/mol. The Morgan fingerprint density at radius 1 is 0.606 bits per heavy atom. The van der Waals surface area contributed by atoms with Crippen molar-refractivity contribution in [3.63, 3.8) is 0 Å². The van der Waals surface area contributed by atoms with Crippen LogP contribution in [-0.2, 0) is 44.3 Å². The van der Waals surface area contributed by atoms with E-state index in [-0.39, 0.29) is 26.4 Å². The van der Waals surface area contributed by atoms with E-state index >= 15 is 0 Å². The minimum absolute atomic E-state index is 0.0583. The van der Waals surface area contributed by atoms with Crippen molar-refractivity contribution in [2.75, 3.05) is 40.6 Å². The Hall–Kier alpha value is -1.92. The first-order chi connectivity index (χ1) is 15.8. The Morgan fingerprint density at radius 2 is 0.970 bits per heavy atom. The molecule has 0 saturated heterocycles. The summed E-state index contributed by atoms with van der Waals surface area (Å²) in [6, 6.07) is 0. The van der Waals surface area contributed by atoms with Crippen LogP contribution >= 0.6 is 0 Å². The number of carbonyl (C=O) groups is 4. The summed E-state index contributed by atoms with van der Waals surface area (Å²) in [6.45, 7) is 4.55. The molecule has 33 heavy (non-hydrogen) atoms. The number of hydrogen-bond donors (Lipinski definition) is 0. The third kappa shape index (κ3) is 16.4. The molecule has 0 aromatic rings. The van der Waals surface area contributed by atoms with Crippen LogP contribution in [0.1, 0.15) is 39.5 Å². The van der Waals surface area contributed by atoms with Gasteiger partial charge in [0.1, 0.15) is 0 Å². The monoisotopic (exact) mass is 580 g/mol. The molecule has 0 radical (unpaired) electrons. The summed E-state index contributed by atoms with van der Waals surface area (Å²) in [6.07, 6.45) is 6.94. The molecule has 0 aliphatic carbocycles. The normalized spacial score (nSPS) is 11.5. The van der Waals surface area contributed by atoms with Gasteiger partial charge in [0.2, 0.25) is 0 Å². The molecule has 0 aliphatic heterocycles. The Kier molecular flexibility index (Phi) is 18.4. The van der Waals surface area contributed by atoms with Gasteiger partial charge in [-0.05, 0) is 0 Å².